The van der Waals surface area contributed by atoms with Gasteiger partial charge in [-0.15, -0.1) is 0 Å². The van der Waals surface area contributed by atoms with E-state index in [0.717, 1.165) is 51.4 Å². The Morgan fingerprint density at radius 3 is 1.70 bits per heavy atom. The first-order valence-corrected chi connectivity index (χ1v) is 24.0. The van der Waals surface area contributed by atoms with Gasteiger partial charge in [-0.05, 0) is 64.2 Å². The van der Waals surface area contributed by atoms with Crippen molar-refractivity contribution in [2.75, 3.05) is 13.2 Å². The molecule has 0 spiro atoms. The van der Waals surface area contributed by atoms with E-state index in [4.69, 9.17) is 18.5 Å². The molecule has 0 aliphatic heterocycles. The number of carbonyl (C=O) groups is 2. The summed E-state index contributed by atoms with van der Waals surface area (Å²) in [6.45, 7) is 3.09. The summed E-state index contributed by atoms with van der Waals surface area (Å²) >= 11 is 0. The van der Waals surface area contributed by atoms with E-state index in [9.17, 15) is 49.7 Å². The van der Waals surface area contributed by atoms with Crippen LogP contribution in [0.4, 0.5) is 0 Å². The zero-order valence-corrected chi connectivity index (χ0v) is 37.2. The van der Waals surface area contributed by atoms with E-state index in [0.29, 0.717) is 19.3 Å². The molecule has 7 N–H and O–H groups in total. The van der Waals surface area contributed by atoms with Gasteiger partial charge in [0.05, 0.1) is 12.7 Å². The van der Waals surface area contributed by atoms with Crippen molar-refractivity contribution in [3.8, 4) is 0 Å². The highest BCUT2D eigenvalue weighted by atomic mass is 31.2. The zero-order chi connectivity index (χ0) is 44.4. The van der Waals surface area contributed by atoms with E-state index in [1.54, 1.807) is 12.2 Å². The molecule has 0 amide bonds. The molecule has 4 unspecified atom stereocenters. The van der Waals surface area contributed by atoms with Crippen LogP contribution >= 0.6 is 7.82 Å². The van der Waals surface area contributed by atoms with Gasteiger partial charge in [-0.3, -0.25) is 18.6 Å². The molecule has 14 nitrogen and oxygen atoms in total. The fraction of sp³-hybridized carbons (Fsp3) is 0.778. The van der Waals surface area contributed by atoms with Gasteiger partial charge in [0.1, 0.15) is 43.2 Å². The summed E-state index contributed by atoms with van der Waals surface area (Å²) in [6.07, 6.45) is 23.4. The third kappa shape index (κ3) is 27.7. The molecule has 15 heteroatoms. The number of rotatable bonds is 36. The summed E-state index contributed by atoms with van der Waals surface area (Å²) in [5.74, 6) is -1.31. The molecule has 1 saturated carbocycles. The average molecular weight is 875 g/mol. The van der Waals surface area contributed by atoms with Crippen LogP contribution in [0.3, 0.4) is 0 Å². The van der Waals surface area contributed by atoms with Crippen LogP contribution in [0.2, 0.25) is 0 Å². The third-order valence-electron chi connectivity index (χ3n) is 10.2. The first-order chi connectivity index (χ1) is 28.8. The minimum absolute atomic E-state index is 0.0461. The van der Waals surface area contributed by atoms with E-state index in [-0.39, 0.29) is 12.8 Å². The topological polar surface area (TPSA) is 230 Å². The zero-order valence-electron chi connectivity index (χ0n) is 36.4. The smallest absolute Gasteiger partial charge is 0.462 e. The molecular formula is C45H79O14P. The van der Waals surface area contributed by atoms with Crippen LogP contribution in [0.1, 0.15) is 162 Å². The van der Waals surface area contributed by atoms with Crippen molar-refractivity contribution in [1.29, 1.82) is 0 Å². The Hall–Kier alpha value is -2.23. The molecule has 0 bridgehead atoms. The van der Waals surface area contributed by atoms with Crippen LogP contribution in [0, 0.1) is 0 Å². The number of phosphoric acid groups is 1. The number of esters is 2. The van der Waals surface area contributed by atoms with Crippen LogP contribution < -0.4 is 0 Å². The molecule has 60 heavy (non-hydrogen) atoms. The molecule has 0 saturated heterocycles. The lowest BCUT2D eigenvalue weighted by molar-refractivity contribution is -0.220. The van der Waals surface area contributed by atoms with Crippen molar-refractivity contribution >= 4 is 19.8 Å². The van der Waals surface area contributed by atoms with Gasteiger partial charge in [0.15, 0.2) is 6.10 Å². The lowest BCUT2D eigenvalue weighted by Gasteiger charge is -2.41. The number of hydrogen-bond acceptors (Lipinski definition) is 13. The van der Waals surface area contributed by atoms with Gasteiger partial charge in [-0.1, -0.05) is 133 Å². The highest BCUT2D eigenvalue weighted by Crippen LogP contribution is 2.47. The molecule has 0 heterocycles. The molecule has 1 rings (SSSR count). The summed E-state index contributed by atoms with van der Waals surface area (Å²) in [6, 6.07) is 0. The number of aliphatic hydroxyl groups excluding tert-OH is 6. The number of allylic oxidation sites excluding steroid dienone is 7. The molecule has 0 aromatic rings. The van der Waals surface area contributed by atoms with Gasteiger partial charge in [0, 0.05) is 12.8 Å². The van der Waals surface area contributed by atoms with E-state index in [2.05, 4.69) is 38.2 Å². The Bertz CT molecular complexity index is 1260. The molecule has 1 fully saturated rings. The normalized spacial score (nSPS) is 23.1. The maximum Gasteiger partial charge on any atom is 0.472 e. The van der Waals surface area contributed by atoms with Crippen molar-refractivity contribution in [3.63, 3.8) is 0 Å². The van der Waals surface area contributed by atoms with Crippen molar-refractivity contribution in [3.05, 3.63) is 48.6 Å². The highest BCUT2D eigenvalue weighted by molar-refractivity contribution is 7.47. The van der Waals surface area contributed by atoms with Crippen LogP contribution in [-0.4, -0.2) is 110 Å². The Kier molecular flexibility index (Phi) is 32.8. The maximum absolute atomic E-state index is 12.8. The fourth-order valence-corrected chi connectivity index (χ4v) is 7.50. The second-order valence-electron chi connectivity index (χ2n) is 15.7. The second-order valence-corrected chi connectivity index (χ2v) is 17.2. The van der Waals surface area contributed by atoms with Gasteiger partial charge in [-0.25, -0.2) is 4.57 Å². The quantitative estimate of drug-likeness (QED) is 0.0107. The molecular weight excluding hydrogens is 795 g/mol. The van der Waals surface area contributed by atoms with Crippen LogP contribution in [0.15, 0.2) is 48.6 Å². The molecule has 9 atom stereocenters. The van der Waals surface area contributed by atoms with Gasteiger partial charge in [0.25, 0.3) is 0 Å². The largest absolute Gasteiger partial charge is 0.472 e. The van der Waals surface area contributed by atoms with Crippen LogP contribution in [0.25, 0.3) is 0 Å². The molecule has 1 aliphatic carbocycles. The Balaban J connectivity index is 2.57. The summed E-state index contributed by atoms with van der Waals surface area (Å²) in [7, 11) is -5.16. The van der Waals surface area contributed by atoms with Crippen molar-refractivity contribution in [2.24, 2.45) is 0 Å². The van der Waals surface area contributed by atoms with Crippen molar-refractivity contribution in [1.82, 2.24) is 0 Å². The molecule has 0 radical (unpaired) electrons. The lowest BCUT2D eigenvalue weighted by atomic mass is 9.85. The van der Waals surface area contributed by atoms with Gasteiger partial charge in [0.2, 0.25) is 0 Å². The first-order valence-electron chi connectivity index (χ1n) is 22.5. The highest BCUT2D eigenvalue weighted by Gasteiger charge is 2.51. The monoisotopic (exact) mass is 875 g/mol. The molecule has 0 aromatic carbocycles. The Morgan fingerprint density at radius 1 is 0.600 bits per heavy atom. The van der Waals surface area contributed by atoms with E-state index >= 15 is 0 Å². The lowest BCUT2D eigenvalue weighted by Crippen LogP contribution is -2.64. The molecule has 348 valence electrons. The molecule has 0 aromatic heterocycles. The van der Waals surface area contributed by atoms with Crippen LogP contribution in [0.5, 0.6) is 0 Å². The maximum atomic E-state index is 12.8. The average Bonchev–Trinajstić information content (AvgIpc) is 3.22. The van der Waals surface area contributed by atoms with E-state index < -0.39 is 81.8 Å². The minimum Gasteiger partial charge on any atom is -0.462 e. The Morgan fingerprint density at radius 2 is 1.10 bits per heavy atom. The van der Waals surface area contributed by atoms with Gasteiger partial charge >= 0.3 is 19.8 Å². The van der Waals surface area contributed by atoms with Crippen LogP contribution in [-0.2, 0) is 32.7 Å². The van der Waals surface area contributed by atoms with E-state index in [1.165, 1.54) is 64.2 Å². The number of phosphoric ester groups is 1. The van der Waals surface area contributed by atoms with Gasteiger partial charge < -0.3 is 45.0 Å². The Labute approximate surface area is 359 Å². The second kappa shape index (κ2) is 35.3. The number of carbonyl (C=O) groups excluding carboxylic acids is 2. The summed E-state index contributed by atoms with van der Waals surface area (Å²) in [4.78, 5) is 35.6. The summed E-state index contributed by atoms with van der Waals surface area (Å²) < 4.78 is 33.3. The number of aliphatic hydroxyl groups is 6. The van der Waals surface area contributed by atoms with Crippen molar-refractivity contribution in [2.45, 2.75) is 210 Å². The first kappa shape index (κ1) is 55.8. The predicted octanol–water partition coefficient (Wildman–Crippen LogP) is 7.36. The number of ether oxygens (including phenoxy) is 2. The predicted molar refractivity (Wildman–Crippen MR) is 232 cm³/mol. The summed E-state index contributed by atoms with van der Waals surface area (Å²) in [5.41, 5.74) is 0. The fourth-order valence-electron chi connectivity index (χ4n) is 6.53. The van der Waals surface area contributed by atoms with E-state index in [1.807, 2.05) is 12.2 Å². The standard InChI is InChI=1S/C45H79O14P/c1-3-5-7-9-11-13-15-17-19-21-23-25-27-30-36(46)31-29-33-38(47)56-34-37(35-57-60(54,55)59-45-43(52)41(50)40(49)42(51)44(45)53)58-39(48)32-28-26-24-22-20-18-16-14-12-10-8-6-4-2/h14,16-17,19,23,25,27,30,36-37,40-46,49-53H,3-13,15,18,20-22,24,26,28-29,31-35H2,1-2H3,(H,54,55)/b16-14-,19-17+,25-23+,30-27+/t36?,37-,40?,41-,42+,43-,44-,45?/m1/s1. The third-order valence-corrected chi connectivity index (χ3v) is 11.2. The molecule has 1 aliphatic rings. The van der Waals surface area contributed by atoms with Crippen molar-refractivity contribution < 1.29 is 68.2 Å². The number of hydrogen-bond donors (Lipinski definition) is 7. The number of unbranched alkanes of at least 4 members (excludes halogenated alkanes) is 15. The van der Waals surface area contributed by atoms with Gasteiger partial charge in [-0.2, -0.15) is 0 Å². The summed E-state index contributed by atoms with van der Waals surface area (Å²) in [5, 5.41) is 60.4. The SMILES string of the molecule is CCCCCC/C=C\CCCCCCCC(=O)O[C@H](COC(=O)CCCC(O)/C=C/C=C/C/C=C/CCCCCCCC)COP(=O)(O)OC1[C@H](O)[C@H](O)C(O)[C@H](O)[C@H]1O. The minimum atomic E-state index is -5.16.